The molecule has 0 bridgehead atoms. The van der Waals surface area contributed by atoms with Crippen LogP contribution in [0.5, 0.6) is 0 Å². The van der Waals surface area contributed by atoms with Crippen LogP contribution in [0.15, 0.2) is 90.5 Å². The van der Waals surface area contributed by atoms with Gasteiger partial charge in [-0.1, -0.05) is 90.0 Å². The van der Waals surface area contributed by atoms with Crippen molar-refractivity contribution < 1.29 is 21.9 Å². The van der Waals surface area contributed by atoms with E-state index in [9.17, 15) is 4.79 Å². The van der Waals surface area contributed by atoms with Gasteiger partial charge in [0.15, 0.2) is 5.78 Å². The summed E-state index contributed by atoms with van der Waals surface area (Å²) >= 11 is 6.17. The van der Waals surface area contributed by atoms with Gasteiger partial charge in [0.25, 0.3) is 0 Å². The molecular weight excluding hydrogens is 516 g/mol. The summed E-state index contributed by atoms with van der Waals surface area (Å²) in [5, 5.41) is 0.707. The zero-order chi connectivity index (χ0) is 24.7. The first-order chi connectivity index (χ1) is 17.7. The summed E-state index contributed by atoms with van der Waals surface area (Å²) in [5.41, 5.74) is 5.14. The van der Waals surface area contributed by atoms with Gasteiger partial charge in [-0.15, -0.1) is 0 Å². The van der Waals surface area contributed by atoms with Gasteiger partial charge in [-0.05, 0) is 93.0 Å². The Morgan fingerprint density at radius 3 is 1.73 bits per heavy atom. The molecule has 3 aliphatic rings. The number of ketones is 1. The normalized spacial score (nSPS) is 21.8. The summed E-state index contributed by atoms with van der Waals surface area (Å²) in [4.78, 5) is 14.2. The minimum absolute atomic E-state index is 0. The Morgan fingerprint density at radius 2 is 1.16 bits per heavy atom. The van der Waals surface area contributed by atoms with Crippen molar-refractivity contribution in [1.29, 1.82) is 0 Å². The number of Topliss-reactive ketones (excluding diaryl/α,β-unsaturated/α-hetero) is 1. The fourth-order valence-corrected chi connectivity index (χ4v) is 5.20. The molecule has 2 saturated carbocycles. The van der Waals surface area contributed by atoms with Crippen molar-refractivity contribution in [2.24, 2.45) is 0 Å². The van der Waals surface area contributed by atoms with E-state index < -0.39 is 0 Å². The van der Waals surface area contributed by atoms with Gasteiger partial charge < -0.3 is 0 Å². The van der Waals surface area contributed by atoms with E-state index in [1.807, 2.05) is 106 Å². The number of allylic oxidation sites excluding steroid dienone is 2. The molecule has 0 saturated heterocycles. The molecule has 37 heavy (non-hydrogen) atoms. The number of hydrogen-bond donors (Lipinski definition) is 0. The second-order valence-electron chi connectivity index (χ2n) is 8.97. The smallest absolute Gasteiger partial charge is 0.293 e. The van der Waals surface area contributed by atoms with Crippen molar-refractivity contribution in [3.05, 3.63) is 176 Å². The first-order valence-electron chi connectivity index (χ1n) is 12.2. The van der Waals surface area contributed by atoms with E-state index in [2.05, 4.69) is 37.1 Å². The maximum atomic E-state index is 14.2. The summed E-state index contributed by atoms with van der Waals surface area (Å²) in [6.07, 6.45) is 19.1. The second kappa shape index (κ2) is 13.6. The Kier molecular flexibility index (Phi) is 10.3. The molecule has 2 atom stereocenters. The Bertz CT molecular complexity index is 1150. The molecule has 0 spiro atoms. The van der Waals surface area contributed by atoms with Crippen molar-refractivity contribution in [1.82, 2.24) is 0 Å². The number of carbonyl (C=O) groups excluding carboxylic acids is 1. The minimum atomic E-state index is -0.240. The third-order valence-corrected chi connectivity index (χ3v) is 7.00. The van der Waals surface area contributed by atoms with Gasteiger partial charge in [0.2, 0.25) is 0 Å². The second-order valence-corrected chi connectivity index (χ2v) is 9.41. The van der Waals surface area contributed by atoms with Gasteiger partial charge in [0.1, 0.15) is 0 Å². The van der Waals surface area contributed by atoms with Crippen LogP contribution in [0.25, 0.3) is 5.57 Å². The van der Waals surface area contributed by atoms with Crippen molar-refractivity contribution >= 4 is 23.0 Å². The van der Waals surface area contributed by atoms with Crippen LogP contribution in [0.2, 0.25) is 5.02 Å². The molecule has 2 unspecified atom stereocenters. The van der Waals surface area contributed by atoms with Crippen LogP contribution < -0.4 is 0 Å². The molecule has 3 aromatic carbocycles. The molecule has 0 aromatic heterocycles. The van der Waals surface area contributed by atoms with Crippen molar-refractivity contribution in [3.8, 4) is 0 Å². The van der Waals surface area contributed by atoms with Gasteiger partial charge >= 0.3 is 17.1 Å². The Morgan fingerprint density at radius 1 is 0.622 bits per heavy atom. The van der Waals surface area contributed by atoms with Gasteiger partial charge in [-0.25, -0.2) is 0 Å². The number of rotatable bonds is 4. The maximum Gasteiger partial charge on any atom is 2.00 e. The van der Waals surface area contributed by atoms with E-state index in [1.54, 1.807) is 0 Å². The topological polar surface area (TPSA) is 17.1 Å². The Labute approximate surface area is 238 Å². The zero-order valence-corrected chi connectivity index (χ0v) is 22.1. The average molecular weight is 543 g/mol. The largest absolute Gasteiger partial charge is 2.00 e. The minimum Gasteiger partial charge on any atom is -0.293 e. The van der Waals surface area contributed by atoms with Crippen molar-refractivity contribution in [2.75, 3.05) is 0 Å². The molecular formula is C34H27ClFeO+2. The van der Waals surface area contributed by atoms with Crippen LogP contribution in [-0.2, 0) is 21.9 Å². The van der Waals surface area contributed by atoms with Crippen LogP contribution in [-0.4, -0.2) is 5.78 Å². The number of benzene rings is 3. The molecule has 0 N–H and O–H groups in total. The van der Waals surface area contributed by atoms with Gasteiger partial charge in [0.05, 0.1) is 5.92 Å². The van der Waals surface area contributed by atoms with E-state index in [4.69, 9.17) is 11.6 Å². The predicted octanol–water partition coefficient (Wildman–Crippen LogP) is 8.06. The molecule has 0 amide bonds. The first-order valence-corrected chi connectivity index (χ1v) is 12.6. The number of carbonyl (C=O) groups is 1. The molecule has 1 nitrogen and oxygen atoms in total. The van der Waals surface area contributed by atoms with E-state index in [0.29, 0.717) is 5.02 Å². The van der Waals surface area contributed by atoms with E-state index in [-0.39, 0.29) is 34.7 Å². The summed E-state index contributed by atoms with van der Waals surface area (Å²) in [7, 11) is 0. The average Bonchev–Trinajstić information content (AvgIpc) is 3.67. The molecule has 6 rings (SSSR count). The molecule has 2 fully saturated rings. The summed E-state index contributed by atoms with van der Waals surface area (Å²) in [6, 6.07) is 28.2. The van der Waals surface area contributed by atoms with Crippen LogP contribution >= 0.6 is 11.6 Å². The number of halogens is 1. The van der Waals surface area contributed by atoms with Gasteiger partial charge in [0, 0.05) is 22.4 Å². The molecule has 10 radical (unpaired) electrons. The SMILES string of the molecule is O=C1C(c2ccccc2)=C([C]2[CH][CH][CH][CH]2)CC(c2ccc(Cl)cc2)C1c1ccccc1.[CH]1[CH][CH][CH][CH]1.[Fe+2]. The van der Waals surface area contributed by atoms with Crippen LogP contribution in [0.4, 0.5) is 0 Å². The molecule has 0 aliphatic heterocycles. The molecule has 3 heteroatoms. The van der Waals surface area contributed by atoms with E-state index in [1.165, 1.54) is 0 Å². The molecule has 3 aliphatic carbocycles. The van der Waals surface area contributed by atoms with Crippen LogP contribution in [0.1, 0.15) is 34.9 Å². The van der Waals surface area contributed by atoms with Gasteiger partial charge in [-0.2, -0.15) is 0 Å². The zero-order valence-electron chi connectivity index (χ0n) is 20.3. The third-order valence-electron chi connectivity index (χ3n) is 6.74. The van der Waals surface area contributed by atoms with E-state index >= 15 is 0 Å². The quantitative estimate of drug-likeness (QED) is 0.305. The standard InChI is InChI=1S/C29H22ClO.C5H5.Fe/c30-24-17-15-21(16-18-24)26-19-25(20-9-7-8-10-20)27(22-11-3-1-4-12-22)29(31)28(26)23-13-5-2-6-14-23;1-2-4-5-3-1;/h1-18,26,28H,19H2;1-5H;/q;;+2. The summed E-state index contributed by atoms with van der Waals surface area (Å²) < 4.78 is 0. The third kappa shape index (κ3) is 6.66. The van der Waals surface area contributed by atoms with Gasteiger partial charge in [-0.3, -0.25) is 4.79 Å². The van der Waals surface area contributed by atoms with Crippen molar-refractivity contribution in [3.63, 3.8) is 0 Å². The van der Waals surface area contributed by atoms with Crippen LogP contribution in [0, 0.1) is 63.7 Å². The molecule has 0 heterocycles. The Hall–Kier alpha value is -2.12. The summed E-state index contributed by atoms with van der Waals surface area (Å²) in [5.74, 6) is 1.11. The number of hydrogen-bond acceptors (Lipinski definition) is 1. The van der Waals surface area contributed by atoms with Crippen LogP contribution in [0.3, 0.4) is 0 Å². The van der Waals surface area contributed by atoms with E-state index in [0.717, 1.165) is 40.2 Å². The fourth-order valence-electron chi connectivity index (χ4n) is 5.07. The predicted molar refractivity (Wildman–Crippen MR) is 148 cm³/mol. The molecule has 3 aromatic rings. The van der Waals surface area contributed by atoms with Crippen molar-refractivity contribution in [2.45, 2.75) is 18.3 Å². The monoisotopic (exact) mass is 542 g/mol. The summed E-state index contributed by atoms with van der Waals surface area (Å²) in [6.45, 7) is 0. The maximum absolute atomic E-state index is 14.2. The molecule has 182 valence electrons. The fraction of sp³-hybridized carbons (Fsp3) is 0.0882. The first kappa shape index (κ1) is 27.9. The Balaban J connectivity index is 0.000000479.